The van der Waals surface area contributed by atoms with Gasteiger partial charge >= 0.3 is 12.1 Å². The zero-order valence-electron chi connectivity index (χ0n) is 27.0. The highest BCUT2D eigenvalue weighted by molar-refractivity contribution is 5.87. The predicted molar refractivity (Wildman–Crippen MR) is 173 cm³/mol. The molecule has 1 N–H and O–H groups in total. The highest BCUT2D eigenvalue weighted by Crippen LogP contribution is 2.46. The van der Waals surface area contributed by atoms with E-state index >= 15 is 13.2 Å². The first-order valence-corrected chi connectivity index (χ1v) is 15.6. The third kappa shape index (κ3) is 7.35. The lowest BCUT2D eigenvalue weighted by Gasteiger charge is -2.40. The number of benzene rings is 3. The minimum Gasteiger partial charge on any atom is -0.493 e. The Morgan fingerprint density at radius 2 is 1.65 bits per heavy atom. The molecule has 13 heteroatoms. The van der Waals surface area contributed by atoms with E-state index in [1.807, 2.05) is 30.3 Å². The van der Waals surface area contributed by atoms with E-state index < -0.39 is 22.5 Å². The Kier molecular flexibility index (Phi) is 10.2. The summed E-state index contributed by atoms with van der Waals surface area (Å²) >= 11 is 0. The molecule has 0 spiro atoms. The van der Waals surface area contributed by atoms with Crippen molar-refractivity contribution in [3.8, 4) is 17.2 Å². The fraction of sp³-hybridized carbons (Fsp3) is 0.400. The summed E-state index contributed by atoms with van der Waals surface area (Å²) in [4.78, 5) is 23.9. The molecule has 1 atom stereocenters. The van der Waals surface area contributed by atoms with Gasteiger partial charge in [-0.2, -0.15) is 13.2 Å². The highest BCUT2D eigenvalue weighted by Gasteiger charge is 2.54. The largest absolute Gasteiger partial charge is 0.493 e. The van der Waals surface area contributed by atoms with Gasteiger partial charge in [0.05, 0.1) is 24.7 Å². The van der Waals surface area contributed by atoms with Gasteiger partial charge in [0.2, 0.25) is 5.75 Å². The van der Waals surface area contributed by atoms with E-state index in [1.54, 1.807) is 21.6 Å². The second kappa shape index (κ2) is 14.1. The van der Waals surface area contributed by atoms with Crippen LogP contribution in [0.4, 0.5) is 18.9 Å². The molecule has 4 aromatic rings. The number of halogens is 3. The van der Waals surface area contributed by atoms with Crippen LogP contribution in [-0.4, -0.2) is 71.6 Å². The van der Waals surface area contributed by atoms with Crippen molar-refractivity contribution in [1.29, 1.82) is 0 Å². The molecule has 48 heavy (non-hydrogen) atoms. The number of fused-ring (bicyclic) bond motifs is 1. The summed E-state index contributed by atoms with van der Waals surface area (Å²) in [5.41, 5.74) is -0.490. The molecule has 5 rings (SSSR count). The van der Waals surface area contributed by atoms with Crippen LogP contribution >= 0.6 is 0 Å². The number of nitrogens with zero attached hydrogens (tertiary/aromatic N) is 3. The second-order valence-corrected chi connectivity index (χ2v) is 12.3. The number of aliphatic carboxylic acids is 1. The number of carbonyl (C=O) groups is 1. The van der Waals surface area contributed by atoms with Crippen LogP contribution in [0, 0.1) is 10.1 Å². The lowest BCUT2D eigenvalue weighted by molar-refractivity contribution is -0.384. The molecular formula is C35H38F3N3O7. The SMILES string of the molecule is COc1cc(CCC(=O)O)cc(OC)c1OC1CCN(CC(C)(c2cn(Cc3ccccc3)c3cc([N+](=O)[O-])ccc23)C(F)(F)F)CC1. The van der Waals surface area contributed by atoms with Gasteiger partial charge in [-0.25, -0.2) is 0 Å². The number of methoxy groups -OCH3 is 2. The first kappa shape index (κ1) is 34.6. The molecule has 3 aromatic carbocycles. The van der Waals surface area contributed by atoms with E-state index in [4.69, 9.17) is 19.3 Å². The fourth-order valence-corrected chi connectivity index (χ4v) is 6.32. The van der Waals surface area contributed by atoms with E-state index in [0.29, 0.717) is 59.6 Å². The minimum atomic E-state index is -4.63. The number of hydrogen-bond acceptors (Lipinski definition) is 7. The molecule has 0 saturated carbocycles. The molecule has 2 heterocycles. The van der Waals surface area contributed by atoms with E-state index in [1.165, 1.54) is 45.5 Å². The van der Waals surface area contributed by atoms with Gasteiger partial charge in [0.15, 0.2) is 11.5 Å². The number of aromatic nitrogens is 1. The number of hydrogen-bond donors (Lipinski definition) is 1. The van der Waals surface area contributed by atoms with Crippen LogP contribution in [0.5, 0.6) is 17.2 Å². The Hall–Kier alpha value is -4.78. The van der Waals surface area contributed by atoms with E-state index in [2.05, 4.69) is 0 Å². The number of likely N-dealkylation sites (tertiary alicyclic amines) is 1. The molecule has 1 fully saturated rings. The number of carboxylic acids is 1. The molecule has 0 radical (unpaired) electrons. The third-order valence-electron chi connectivity index (χ3n) is 9.00. The van der Waals surface area contributed by atoms with Crippen LogP contribution in [0.2, 0.25) is 0 Å². The molecule has 1 saturated heterocycles. The monoisotopic (exact) mass is 669 g/mol. The first-order chi connectivity index (χ1) is 22.8. The molecule has 0 bridgehead atoms. The Morgan fingerprint density at radius 3 is 2.21 bits per heavy atom. The number of ether oxygens (including phenoxy) is 3. The number of carboxylic acid groups (broad SMARTS) is 1. The fourth-order valence-electron chi connectivity index (χ4n) is 6.32. The first-order valence-electron chi connectivity index (χ1n) is 15.6. The molecule has 1 unspecified atom stereocenters. The van der Waals surface area contributed by atoms with E-state index in [9.17, 15) is 14.9 Å². The number of alkyl halides is 3. The average Bonchev–Trinajstić information content (AvgIpc) is 3.42. The molecular weight excluding hydrogens is 631 g/mol. The van der Waals surface area contributed by atoms with E-state index in [0.717, 1.165) is 5.56 Å². The Morgan fingerprint density at radius 1 is 1.00 bits per heavy atom. The van der Waals surface area contributed by atoms with Crippen LogP contribution in [0.1, 0.15) is 42.9 Å². The molecule has 256 valence electrons. The maximum absolute atomic E-state index is 15.2. The molecule has 1 aliphatic heterocycles. The maximum Gasteiger partial charge on any atom is 0.399 e. The molecule has 1 aliphatic rings. The quantitative estimate of drug-likeness (QED) is 0.120. The summed E-state index contributed by atoms with van der Waals surface area (Å²) < 4.78 is 64.4. The normalized spacial score (nSPS) is 15.6. The summed E-state index contributed by atoms with van der Waals surface area (Å²) in [5.74, 6) is 0.199. The molecule has 0 aliphatic carbocycles. The van der Waals surface area contributed by atoms with Crippen LogP contribution in [0.25, 0.3) is 10.9 Å². The van der Waals surface area contributed by atoms with Gasteiger partial charge in [-0.05, 0) is 61.1 Å². The van der Waals surface area contributed by atoms with Gasteiger partial charge in [-0.3, -0.25) is 14.9 Å². The standard InChI is InChI=1S/C35H38F3N3O7/c1-34(35(36,37)38,28-21-40(20-23-7-5-4-6-8-23)29-19-25(41(44)45)10-11-27(28)29)22-39-15-13-26(14-16-39)48-33-30(46-2)17-24(9-12-32(42)43)18-31(33)47-3/h4-8,10-11,17-19,21,26H,9,12-16,20,22H2,1-3H3,(H,42,43). The lowest BCUT2D eigenvalue weighted by Crippen LogP contribution is -2.51. The summed E-state index contributed by atoms with van der Waals surface area (Å²) in [7, 11) is 2.94. The topological polar surface area (TPSA) is 116 Å². The summed E-state index contributed by atoms with van der Waals surface area (Å²) in [6, 6.07) is 16.6. The van der Waals surface area contributed by atoms with Crippen molar-refractivity contribution in [2.75, 3.05) is 33.9 Å². The van der Waals surface area contributed by atoms with Crippen LogP contribution in [0.3, 0.4) is 0 Å². The second-order valence-electron chi connectivity index (χ2n) is 12.3. The van der Waals surface area contributed by atoms with Crippen molar-refractivity contribution in [1.82, 2.24) is 9.47 Å². The van der Waals surface area contributed by atoms with Gasteiger partial charge in [-0.15, -0.1) is 0 Å². The van der Waals surface area contributed by atoms with Gasteiger partial charge < -0.3 is 28.8 Å². The number of rotatable bonds is 13. The number of non-ortho nitro benzene ring substituents is 1. The zero-order chi connectivity index (χ0) is 34.6. The Balaban J connectivity index is 1.38. The third-order valence-corrected chi connectivity index (χ3v) is 9.00. The maximum atomic E-state index is 15.2. The van der Waals surface area contributed by atoms with Crippen molar-refractivity contribution in [2.24, 2.45) is 0 Å². The number of aryl methyl sites for hydroxylation is 1. The van der Waals surface area contributed by atoms with Crippen molar-refractivity contribution in [2.45, 2.75) is 56.8 Å². The number of nitro benzene ring substituents is 1. The summed E-state index contributed by atoms with van der Waals surface area (Å²) in [6.07, 6.45) is -2.35. The zero-order valence-corrected chi connectivity index (χ0v) is 27.0. The van der Waals surface area contributed by atoms with Gasteiger partial charge in [0.1, 0.15) is 11.5 Å². The summed E-state index contributed by atoms with van der Waals surface area (Å²) in [5, 5.41) is 21.0. The molecule has 10 nitrogen and oxygen atoms in total. The average molecular weight is 670 g/mol. The predicted octanol–water partition coefficient (Wildman–Crippen LogP) is 7.00. The molecule has 0 amide bonds. The van der Waals surface area contributed by atoms with Gasteiger partial charge in [-0.1, -0.05) is 30.3 Å². The Labute approximate surface area is 275 Å². The van der Waals surface area contributed by atoms with Crippen molar-refractivity contribution < 1.29 is 42.2 Å². The number of piperidine rings is 1. The Bertz CT molecular complexity index is 1740. The van der Waals surface area contributed by atoms with Crippen molar-refractivity contribution >= 4 is 22.6 Å². The van der Waals surface area contributed by atoms with Gasteiger partial charge in [0, 0.05) is 56.3 Å². The van der Waals surface area contributed by atoms with Crippen molar-refractivity contribution in [3.63, 3.8) is 0 Å². The van der Waals surface area contributed by atoms with Crippen molar-refractivity contribution in [3.05, 3.63) is 93.7 Å². The smallest absolute Gasteiger partial charge is 0.399 e. The summed E-state index contributed by atoms with van der Waals surface area (Å²) in [6.45, 7) is 1.82. The van der Waals surface area contributed by atoms with Gasteiger partial charge in [0.25, 0.3) is 5.69 Å². The minimum absolute atomic E-state index is 0.0602. The molecule has 1 aromatic heterocycles. The van der Waals surface area contributed by atoms with Crippen LogP contribution in [-0.2, 0) is 23.2 Å². The highest BCUT2D eigenvalue weighted by atomic mass is 19.4. The number of nitro groups is 1. The van der Waals surface area contributed by atoms with Crippen LogP contribution < -0.4 is 14.2 Å². The van der Waals surface area contributed by atoms with Crippen LogP contribution in [0.15, 0.2) is 66.9 Å². The lowest BCUT2D eigenvalue weighted by atomic mass is 9.80. The van der Waals surface area contributed by atoms with E-state index in [-0.39, 0.29) is 43.3 Å².